The second kappa shape index (κ2) is 4.86. The number of hydrogen-bond donors (Lipinski definition) is 2. The smallest absolute Gasteiger partial charge is 0.231 e. The summed E-state index contributed by atoms with van der Waals surface area (Å²) >= 11 is 12.0. The molecular formula is C17H21Cl2NO2. The van der Waals surface area contributed by atoms with Crippen LogP contribution in [0.5, 0.6) is 0 Å². The molecule has 0 radical (unpaired) electrons. The molecular weight excluding hydrogens is 321 g/mol. The van der Waals surface area contributed by atoms with Gasteiger partial charge in [-0.1, -0.05) is 44.0 Å². The number of rotatable bonds is 2. The summed E-state index contributed by atoms with van der Waals surface area (Å²) in [6.45, 7) is 6.29. The molecule has 0 spiro atoms. The maximum absolute atomic E-state index is 13.0. The molecule has 0 aliphatic heterocycles. The Hall–Kier alpha value is -0.770. The van der Waals surface area contributed by atoms with E-state index in [1.54, 1.807) is 18.2 Å². The highest BCUT2D eigenvalue weighted by Gasteiger charge is 2.72. The van der Waals surface area contributed by atoms with Gasteiger partial charge in [0, 0.05) is 15.7 Å². The molecule has 2 aliphatic carbocycles. The highest BCUT2D eigenvalue weighted by molar-refractivity contribution is 6.35. The molecule has 1 aromatic rings. The molecule has 1 aromatic carbocycles. The first-order chi connectivity index (χ1) is 10.1. The SMILES string of the molecule is CC12CCC(C(=O)Nc3cc(Cl)cc(Cl)c3)(CC1O)C2(C)C. The van der Waals surface area contributed by atoms with E-state index in [0.29, 0.717) is 22.2 Å². The van der Waals surface area contributed by atoms with E-state index in [4.69, 9.17) is 23.2 Å². The number of aliphatic hydroxyl groups excluding tert-OH is 1. The standard InChI is InChI=1S/C17H21Cl2NO2/c1-15(2)16(3)4-5-17(15,9-13(16)21)14(22)20-12-7-10(18)6-11(19)8-12/h6-8,13,21H,4-5,9H2,1-3H3,(H,20,22). The Bertz CT molecular complexity index is 625. The van der Waals surface area contributed by atoms with Crippen molar-refractivity contribution in [3.05, 3.63) is 28.2 Å². The fraction of sp³-hybridized carbons (Fsp3) is 0.588. The monoisotopic (exact) mass is 341 g/mol. The Morgan fingerprint density at radius 1 is 1.18 bits per heavy atom. The van der Waals surface area contributed by atoms with Crippen molar-refractivity contribution in [2.45, 2.75) is 46.1 Å². The van der Waals surface area contributed by atoms with Gasteiger partial charge in [-0.2, -0.15) is 0 Å². The van der Waals surface area contributed by atoms with Gasteiger partial charge in [-0.05, 0) is 48.3 Å². The topological polar surface area (TPSA) is 49.3 Å². The van der Waals surface area contributed by atoms with Gasteiger partial charge in [0.2, 0.25) is 5.91 Å². The van der Waals surface area contributed by atoms with Crippen LogP contribution in [-0.4, -0.2) is 17.1 Å². The van der Waals surface area contributed by atoms with E-state index >= 15 is 0 Å². The van der Waals surface area contributed by atoms with E-state index in [0.717, 1.165) is 12.8 Å². The number of amides is 1. The Balaban J connectivity index is 1.92. The average Bonchev–Trinajstić information content (AvgIpc) is 2.67. The fourth-order valence-corrected chi connectivity index (χ4v) is 5.03. The second-order valence-electron chi connectivity index (χ2n) is 7.46. The number of carbonyl (C=O) groups excluding carboxylic acids is 1. The number of benzene rings is 1. The summed E-state index contributed by atoms with van der Waals surface area (Å²) in [5.41, 5.74) is -0.416. The van der Waals surface area contributed by atoms with Gasteiger partial charge >= 0.3 is 0 Å². The highest BCUT2D eigenvalue weighted by atomic mass is 35.5. The molecule has 3 nitrogen and oxygen atoms in total. The second-order valence-corrected chi connectivity index (χ2v) is 8.33. The third-order valence-electron chi connectivity index (χ3n) is 6.53. The van der Waals surface area contributed by atoms with Crippen LogP contribution in [0.25, 0.3) is 0 Å². The quantitative estimate of drug-likeness (QED) is 0.831. The molecule has 0 saturated heterocycles. The maximum atomic E-state index is 13.0. The number of hydrogen-bond acceptors (Lipinski definition) is 2. The van der Waals surface area contributed by atoms with Crippen molar-refractivity contribution in [1.29, 1.82) is 0 Å². The molecule has 2 aliphatic rings. The molecule has 0 heterocycles. The van der Waals surface area contributed by atoms with Gasteiger partial charge in [0.1, 0.15) is 0 Å². The van der Waals surface area contributed by atoms with Crippen LogP contribution in [0, 0.1) is 16.2 Å². The fourth-order valence-electron chi connectivity index (χ4n) is 4.51. The van der Waals surface area contributed by atoms with Crippen molar-refractivity contribution >= 4 is 34.8 Å². The number of aliphatic hydroxyl groups is 1. The average molecular weight is 342 g/mol. The molecule has 5 heteroatoms. The van der Waals surface area contributed by atoms with Gasteiger partial charge in [0.15, 0.2) is 0 Å². The van der Waals surface area contributed by atoms with Crippen LogP contribution in [0.15, 0.2) is 18.2 Å². The molecule has 0 aromatic heterocycles. The predicted molar refractivity (Wildman–Crippen MR) is 89.3 cm³/mol. The van der Waals surface area contributed by atoms with Crippen molar-refractivity contribution in [2.75, 3.05) is 5.32 Å². The van der Waals surface area contributed by atoms with Gasteiger partial charge in [-0.25, -0.2) is 0 Å². The summed E-state index contributed by atoms with van der Waals surface area (Å²) in [5.74, 6) is -0.0453. The first-order valence-electron chi connectivity index (χ1n) is 7.58. The van der Waals surface area contributed by atoms with Gasteiger partial charge in [-0.15, -0.1) is 0 Å². The molecule has 3 unspecified atom stereocenters. The lowest BCUT2D eigenvalue weighted by atomic mass is 9.64. The minimum Gasteiger partial charge on any atom is -0.393 e. The van der Waals surface area contributed by atoms with Crippen molar-refractivity contribution in [1.82, 2.24) is 0 Å². The number of carbonyl (C=O) groups is 1. The number of anilines is 1. The minimum absolute atomic E-state index is 0.0453. The zero-order valence-electron chi connectivity index (χ0n) is 13.0. The first-order valence-corrected chi connectivity index (χ1v) is 8.34. The zero-order chi connectivity index (χ0) is 16.3. The van der Waals surface area contributed by atoms with Gasteiger partial charge in [-0.3, -0.25) is 4.79 Å². The van der Waals surface area contributed by atoms with Crippen molar-refractivity contribution in [3.63, 3.8) is 0 Å². The molecule has 3 rings (SSSR count). The van der Waals surface area contributed by atoms with E-state index < -0.39 is 11.5 Å². The van der Waals surface area contributed by atoms with Gasteiger partial charge in [0.05, 0.1) is 11.5 Å². The maximum Gasteiger partial charge on any atom is 0.231 e. The van der Waals surface area contributed by atoms with Crippen LogP contribution in [0.3, 0.4) is 0 Å². The van der Waals surface area contributed by atoms with Crippen molar-refractivity contribution in [2.24, 2.45) is 16.2 Å². The van der Waals surface area contributed by atoms with Crippen LogP contribution in [0.2, 0.25) is 10.0 Å². The largest absolute Gasteiger partial charge is 0.393 e. The third kappa shape index (κ3) is 1.95. The summed E-state index contributed by atoms with van der Waals surface area (Å²) in [6, 6.07) is 5.01. The van der Waals surface area contributed by atoms with Crippen molar-refractivity contribution < 1.29 is 9.90 Å². The molecule has 2 saturated carbocycles. The van der Waals surface area contributed by atoms with E-state index in [1.807, 2.05) is 0 Å². The van der Waals surface area contributed by atoms with Crippen LogP contribution in [0.4, 0.5) is 5.69 Å². The zero-order valence-corrected chi connectivity index (χ0v) is 14.6. The number of halogens is 2. The van der Waals surface area contributed by atoms with Gasteiger partial charge < -0.3 is 10.4 Å². The lowest BCUT2D eigenvalue weighted by Crippen LogP contribution is -2.43. The van der Waals surface area contributed by atoms with Gasteiger partial charge in [0.25, 0.3) is 0 Å². The van der Waals surface area contributed by atoms with Crippen LogP contribution < -0.4 is 5.32 Å². The Labute approximate surface area is 141 Å². The summed E-state index contributed by atoms with van der Waals surface area (Å²) in [6.07, 6.45) is 1.74. The summed E-state index contributed by atoms with van der Waals surface area (Å²) in [7, 11) is 0. The molecule has 2 N–H and O–H groups in total. The van der Waals surface area contributed by atoms with E-state index in [-0.39, 0.29) is 16.7 Å². The van der Waals surface area contributed by atoms with E-state index in [9.17, 15) is 9.90 Å². The third-order valence-corrected chi connectivity index (χ3v) is 6.96. The Morgan fingerprint density at radius 2 is 1.77 bits per heavy atom. The number of fused-ring (bicyclic) bond motifs is 2. The lowest BCUT2D eigenvalue weighted by molar-refractivity contribution is -0.130. The molecule has 2 bridgehead atoms. The summed E-state index contributed by atoms with van der Waals surface area (Å²) in [5, 5.41) is 14.4. The molecule has 120 valence electrons. The van der Waals surface area contributed by atoms with Crippen LogP contribution in [0.1, 0.15) is 40.0 Å². The molecule has 1 amide bonds. The number of nitrogens with one attached hydrogen (secondary N) is 1. The minimum atomic E-state index is -0.546. The van der Waals surface area contributed by atoms with Crippen LogP contribution in [-0.2, 0) is 4.79 Å². The predicted octanol–water partition coefficient (Wildman–Crippen LogP) is 4.51. The van der Waals surface area contributed by atoms with Crippen molar-refractivity contribution in [3.8, 4) is 0 Å². The Morgan fingerprint density at radius 3 is 2.23 bits per heavy atom. The summed E-state index contributed by atoms with van der Waals surface area (Å²) in [4.78, 5) is 13.0. The highest BCUT2D eigenvalue weighted by Crippen LogP contribution is 2.72. The van der Waals surface area contributed by atoms with E-state index in [2.05, 4.69) is 26.1 Å². The molecule has 22 heavy (non-hydrogen) atoms. The van der Waals surface area contributed by atoms with Crippen LogP contribution >= 0.6 is 23.2 Å². The molecule has 2 fully saturated rings. The normalized spacial score (nSPS) is 35.6. The summed E-state index contributed by atoms with van der Waals surface area (Å²) < 4.78 is 0. The first kappa shape index (κ1) is 16.1. The lowest BCUT2D eigenvalue weighted by Gasteiger charge is -2.40. The molecule has 3 atom stereocenters. The van der Waals surface area contributed by atoms with E-state index in [1.165, 1.54) is 0 Å². The Kier molecular flexibility index (Phi) is 3.56.